The highest BCUT2D eigenvalue weighted by Crippen LogP contribution is 2.36. The average Bonchev–Trinajstić information content (AvgIpc) is 3.43. The van der Waals surface area contributed by atoms with Crippen molar-refractivity contribution in [1.82, 2.24) is 10.2 Å². The number of benzene rings is 2. The number of aliphatic carboxylic acids is 2. The fraction of sp³-hybridized carbons (Fsp3) is 0.634. The number of hydrogen-bond acceptors (Lipinski definition) is 7. The highest BCUT2D eigenvalue weighted by atomic mass is 32.2. The zero-order valence-corrected chi connectivity index (χ0v) is 34.2. The van der Waals surface area contributed by atoms with E-state index in [4.69, 9.17) is 5.11 Å². The van der Waals surface area contributed by atoms with Crippen molar-refractivity contribution in [3.63, 3.8) is 0 Å². The van der Waals surface area contributed by atoms with E-state index < -0.39 is 33.7 Å². The summed E-state index contributed by atoms with van der Waals surface area (Å²) in [6, 6.07) is 13.5. The molecule has 9 nitrogen and oxygen atoms in total. The predicted molar refractivity (Wildman–Crippen MR) is 215 cm³/mol. The van der Waals surface area contributed by atoms with Gasteiger partial charge in [0.15, 0.2) is 0 Å². The first-order valence-electron chi connectivity index (χ1n) is 19.0. The Morgan fingerprint density at radius 3 is 2.17 bits per heavy atom. The van der Waals surface area contributed by atoms with Crippen LogP contribution in [0.15, 0.2) is 42.5 Å². The van der Waals surface area contributed by atoms with Gasteiger partial charge in [-0.3, -0.25) is 14.5 Å². The molecule has 1 heterocycles. The molecule has 52 heavy (non-hydrogen) atoms. The fourth-order valence-corrected chi connectivity index (χ4v) is 8.16. The fourth-order valence-electron chi connectivity index (χ4n) is 6.91. The standard InChI is InChI=1S/C32H44N2O5S.C6H12O2S.C3H8/c1-22-9-7-8-12-27(22)29-20-25(21-34-23(2)13-15-26(34)19-24-10-5-4-6-11-24)14-16-28(29)31(35)33-30(32(36)37)17-18-40(3,38)39;1-5(6(7)8)3-4-9-2;1-3-2/h7-9,12,14,16,20,23-24,26,30H,4-6,10-11,13,15,17-19,21H2,1-3H3,(H,33,35)(H,36,37);5H,3-4H2,1-2H3,(H,7,8);3H2,1-2H3. The zero-order valence-electron chi connectivity index (χ0n) is 32.5. The molecule has 1 aliphatic heterocycles. The number of rotatable bonds is 15. The van der Waals surface area contributed by atoms with Crippen LogP contribution in [0.1, 0.15) is 120 Å². The Balaban J connectivity index is 0.000000673. The number of sulfone groups is 1. The quantitative estimate of drug-likeness (QED) is 0.163. The van der Waals surface area contributed by atoms with Crippen molar-refractivity contribution >= 4 is 39.4 Å². The maximum atomic E-state index is 13.4. The Kier molecular flexibility index (Phi) is 20.0. The number of hydrogen-bond donors (Lipinski definition) is 3. The molecule has 1 saturated carbocycles. The van der Waals surface area contributed by atoms with Crippen LogP contribution in [0.3, 0.4) is 0 Å². The predicted octanol–water partition coefficient (Wildman–Crippen LogP) is 8.48. The van der Waals surface area contributed by atoms with E-state index in [9.17, 15) is 27.9 Å². The molecule has 1 saturated heterocycles. The minimum Gasteiger partial charge on any atom is -0.481 e. The van der Waals surface area contributed by atoms with Crippen LogP contribution < -0.4 is 5.32 Å². The van der Waals surface area contributed by atoms with Crippen molar-refractivity contribution < 1.29 is 33.0 Å². The summed E-state index contributed by atoms with van der Waals surface area (Å²) < 4.78 is 23.2. The lowest BCUT2D eigenvalue weighted by Crippen LogP contribution is -2.42. The maximum Gasteiger partial charge on any atom is 0.326 e. The number of thioether (sulfide) groups is 1. The summed E-state index contributed by atoms with van der Waals surface area (Å²) >= 11 is 1.68. The molecule has 4 unspecified atom stereocenters. The normalized spacial score (nSPS) is 19.0. The summed E-state index contributed by atoms with van der Waals surface area (Å²) in [6.07, 6.45) is 15.3. The van der Waals surface area contributed by atoms with Crippen LogP contribution in [0.4, 0.5) is 0 Å². The topological polar surface area (TPSA) is 141 Å². The summed E-state index contributed by atoms with van der Waals surface area (Å²) in [7, 11) is -3.37. The summed E-state index contributed by atoms with van der Waals surface area (Å²) in [5, 5.41) is 20.6. The molecule has 1 amide bonds. The number of carbonyl (C=O) groups is 3. The lowest BCUT2D eigenvalue weighted by atomic mass is 9.84. The Bertz CT molecular complexity index is 1520. The summed E-state index contributed by atoms with van der Waals surface area (Å²) in [5.41, 5.74) is 4.22. The number of nitrogens with one attached hydrogen (secondary N) is 1. The van der Waals surface area contributed by atoms with Crippen LogP contribution >= 0.6 is 11.8 Å². The summed E-state index contributed by atoms with van der Waals surface area (Å²) in [4.78, 5) is 38.1. The molecule has 2 fully saturated rings. The van der Waals surface area contributed by atoms with E-state index >= 15 is 0 Å². The largest absolute Gasteiger partial charge is 0.481 e. The van der Waals surface area contributed by atoms with E-state index in [1.165, 1.54) is 57.8 Å². The molecule has 11 heteroatoms. The zero-order chi connectivity index (χ0) is 38.8. The number of nitrogens with zero attached hydrogens (tertiary/aromatic N) is 1. The molecule has 0 radical (unpaired) electrons. The minimum absolute atomic E-state index is 0.183. The molecule has 4 rings (SSSR count). The molecule has 2 aromatic carbocycles. The van der Waals surface area contributed by atoms with E-state index in [-0.39, 0.29) is 18.1 Å². The van der Waals surface area contributed by atoms with Crippen molar-refractivity contribution in [2.45, 2.75) is 130 Å². The number of amides is 1. The lowest BCUT2D eigenvalue weighted by Gasteiger charge is -2.32. The van der Waals surface area contributed by atoms with Gasteiger partial charge in [-0.2, -0.15) is 11.8 Å². The third-order valence-corrected chi connectivity index (χ3v) is 11.6. The van der Waals surface area contributed by atoms with E-state index in [1.807, 2.05) is 43.5 Å². The van der Waals surface area contributed by atoms with Crippen molar-refractivity contribution in [1.29, 1.82) is 0 Å². The van der Waals surface area contributed by atoms with Crippen LogP contribution in [0.25, 0.3) is 11.1 Å². The molecule has 0 bridgehead atoms. The van der Waals surface area contributed by atoms with Crippen LogP contribution in [-0.2, 0) is 26.0 Å². The maximum absolute atomic E-state index is 13.4. The molecule has 4 atom stereocenters. The molecule has 2 aromatic rings. The second kappa shape index (κ2) is 23.0. The lowest BCUT2D eigenvalue weighted by molar-refractivity contribution is -0.141. The van der Waals surface area contributed by atoms with Gasteiger partial charge < -0.3 is 15.5 Å². The number of carboxylic acids is 2. The van der Waals surface area contributed by atoms with Crippen LogP contribution in [0, 0.1) is 18.8 Å². The monoisotopic (exact) mass is 760 g/mol. The summed E-state index contributed by atoms with van der Waals surface area (Å²) in [6.45, 7) is 11.1. The smallest absolute Gasteiger partial charge is 0.326 e. The Morgan fingerprint density at radius 2 is 1.60 bits per heavy atom. The van der Waals surface area contributed by atoms with E-state index in [1.54, 1.807) is 24.8 Å². The molecule has 0 aromatic heterocycles. The number of likely N-dealkylation sites (tertiary alicyclic amines) is 1. The Hall–Kier alpha value is -2.89. The van der Waals surface area contributed by atoms with Crippen LogP contribution in [-0.4, -0.2) is 83.5 Å². The Labute approximate surface area is 317 Å². The highest BCUT2D eigenvalue weighted by Gasteiger charge is 2.33. The van der Waals surface area contributed by atoms with Gasteiger partial charge in [-0.1, -0.05) is 89.6 Å². The van der Waals surface area contributed by atoms with E-state index in [0.29, 0.717) is 17.6 Å². The third kappa shape index (κ3) is 15.6. The second-order valence-corrected chi connectivity index (χ2v) is 17.9. The van der Waals surface area contributed by atoms with E-state index in [0.717, 1.165) is 53.1 Å². The van der Waals surface area contributed by atoms with Gasteiger partial charge in [-0.05, 0) is 98.3 Å². The van der Waals surface area contributed by atoms with Crippen molar-refractivity contribution in [3.8, 4) is 11.1 Å². The van der Waals surface area contributed by atoms with Gasteiger partial charge in [0.25, 0.3) is 5.91 Å². The highest BCUT2D eigenvalue weighted by molar-refractivity contribution is 7.98. The van der Waals surface area contributed by atoms with Crippen molar-refractivity contribution in [3.05, 3.63) is 59.2 Å². The molecular formula is C41H64N2O7S2. The number of aryl methyl sites for hydroxylation is 1. The van der Waals surface area contributed by atoms with Crippen LogP contribution in [0.5, 0.6) is 0 Å². The van der Waals surface area contributed by atoms with Gasteiger partial charge in [0.1, 0.15) is 15.9 Å². The van der Waals surface area contributed by atoms with Gasteiger partial charge in [-0.15, -0.1) is 0 Å². The molecule has 3 N–H and O–H groups in total. The van der Waals surface area contributed by atoms with E-state index in [2.05, 4.69) is 37.1 Å². The van der Waals surface area contributed by atoms with Gasteiger partial charge in [-0.25, -0.2) is 13.2 Å². The summed E-state index contributed by atoms with van der Waals surface area (Å²) in [5.74, 6) is -1.20. The second-order valence-electron chi connectivity index (χ2n) is 14.7. The third-order valence-electron chi connectivity index (χ3n) is 9.97. The minimum atomic E-state index is -3.37. The molecule has 1 aliphatic carbocycles. The molecule has 2 aliphatic rings. The first-order valence-corrected chi connectivity index (χ1v) is 22.4. The van der Waals surface area contributed by atoms with Gasteiger partial charge in [0.05, 0.1) is 11.7 Å². The SMILES string of the molecule is CCC.CSCCC(C)C(=O)O.Cc1ccccc1-c1cc(CN2C(C)CCC2CC2CCCCC2)ccc1C(=O)NC(CCS(C)(=O)=O)C(=O)O. The van der Waals surface area contributed by atoms with Gasteiger partial charge >= 0.3 is 11.9 Å². The first-order chi connectivity index (χ1) is 24.6. The Morgan fingerprint density at radius 1 is 0.942 bits per heavy atom. The van der Waals surface area contributed by atoms with Crippen molar-refractivity contribution in [2.24, 2.45) is 11.8 Å². The number of carbonyl (C=O) groups excluding carboxylic acids is 1. The van der Waals surface area contributed by atoms with Crippen LogP contribution in [0.2, 0.25) is 0 Å². The molecule has 292 valence electrons. The molecule has 0 spiro atoms. The van der Waals surface area contributed by atoms with Gasteiger partial charge in [0.2, 0.25) is 0 Å². The molecular weight excluding hydrogens is 697 g/mol. The average molecular weight is 761 g/mol. The number of carboxylic acid groups (broad SMARTS) is 2. The first kappa shape index (κ1) is 45.3. The van der Waals surface area contributed by atoms with Gasteiger partial charge in [0, 0.05) is 30.4 Å². The van der Waals surface area contributed by atoms with Crippen molar-refractivity contribution in [2.75, 3.05) is 24.0 Å².